The van der Waals surface area contributed by atoms with E-state index >= 15 is 0 Å². The van der Waals surface area contributed by atoms with Crippen LogP contribution in [0.5, 0.6) is 0 Å². The Morgan fingerprint density at radius 3 is 2.65 bits per heavy atom. The van der Waals surface area contributed by atoms with E-state index in [0.29, 0.717) is 11.9 Å². The van der Waals surface area contributed by atoms with Crippen molar-refractivity contribution in [1.29, 1.82) is 0 Å². The van der Waals surface area contributed by atoms with Gasteiger partial charge in [0.05, 0.1) is 11.0 Å². The summed E-state index contributed by atoms with van der Waals surface area (Å²) in [5.74, 6) is 1.54. The largest absolute Gasteiger partial charge is 0.342 e. The number of hydrogen-bond donors (Lipinski definition) is 0. The highest BCUT2D eigenvalue weighted by Crippen LogP contribution is 2.29. The van der Waals surface area contributed by atoms with Crippen LogP contribution in [0.2, 0.25) is 0 Å². The van der Waals surface area contributed by atoms with Gasteiger partial charge in [-0.25, -0.2) is 4.98 Å². The van der Waals surface area contributed by atoms with Crippen LogP contribution >= 0.6 is 0 Å². The quantitative estimate of drug-likeness (QED) is 0.863. The zero-order valence-electron chi connectivity index (χ0n) is 14.7. The van der Waals surface area contributed by atoms with Crippen LogP contribution in [0.25, 0.3) is 11.0 Å². The van der Waals surface area contributed by atoms with Crippen molar-refractivity contribution in [3.8, 4) is 0 Å². The van der Waals surface area contributed by atoms with Gasteiger partial charge < -0.3 is 9.47 Å². The maximum absolute atomic E-state index is 12.4. The van der Waals surface area contributed by atoms with Crippen LogP contribution < -0.4 is 0 Å². The highest BCUT2D eigenvalue weighted by atomic mass is 16.2. The molecule has 1 fully saturated rings. The maximum atomic E-state index is 12.4. The number of hydrogen-bond acceptors (Lipinski definition) is 2. The van der Waals surface area contributed by atoms with Gasteiger partial charge in [0, 0.05) is 25.0 Å². The molecule has 2 heterocycles. The lowest BCUT2D eigenvalue weighted by molar-refractivity contribution is -0.136. The first-order valence-corrected chi connectivity index (χ1v) is 8.75. The van der Waals surface area contributed by atoms with Crippen molar-refractivity contribution in [3.63, 3.8) is 0 Å². The smallest absolute Gasteiger partial charge is 0.225 e. The molecule has 1 aliphatic heterocycles. The van der Waals surface area contributed by atoms with E-state index < -0.39 is 0 Å². The van der Waals surface area contributed by atoms with Crippen molar-refractivity contribution in [1.82, 2.24) is 14.5 Å². The second-order valence-electron chi connectivity index (χ2n) is 6.89. The lowest BCUT2D eigenvalue weighted by Gasteiger charge is -2.34. The SMILES string of the molecule is CCC(C)C(=O)N1CCC(n2c(C)nc3ccc(C)cc32)CC1. The molecule has 0 bridgehead atoms. The lowest BCUT2D eigenvalue weighted by Crippen LogP contribution is -2.41. The first-order valence-electron chi connectivity index (χ1n) is 8.75. The van der Waals surface area contributed by atoms with Gasteiger partial charge in [-0.15, -0.1) is 0 Å². The van der Waals surface area contributed by atoms with Crippen LogP contribution in [0.1, 0.15) is 50.5 Å². The number of imidazole rings is 1. The monoisotopic (exact) mass is 313 g/mol. The van der Waals surface area contributed by atoms with E-state index in [0.717, 1.165) is 43.7 Å². The number of rotatable bonds is 3. The van der Waals surface area contributed by atoms with Crippen molar-refractivity contribution in [2.75, 3.05) is 13.1 Å². The normalized spacial score (nSPS) is 17.7. The fraction of sp³-hybridized carbons (Fsp3) is 0.579. The summed E-state index contributed by atoms with van der Waals surface area (Å²) in [7, 11) is 0. The molecule has 2 aromatic rings. The van der Waals surface area contributed by atoms with Gasteiger partial charge in [0.2, 0.25) is 5.91 Å². The van der Waals surface area contributed by atoms with Gasteiger partial charge in [-0.05, 0) is 50.8 Å². The molecule has 4 heteroatoms. The summed E-state index contributed by atoms with van der Waals surface area (Å²) in [6.07, 6.45) is 2.95. The molecule has 0 saturated carbocycles. The van der Waals surface area contributed by atoms with Crippen LogP contribution in [0.15, 0.2) is 18.2 Å². The molecule has 1 atom stereocenters. The second-order valence-corrected chi connectivity index (χ2v) is 6.89. The molecule has 3 rings (SSSR count). The highest BCUT2D eigenvalue weighted by Gasteiger charge is 2.27. The van der Waals surface area contributed by atoms with E-state index in [1.807, 2.05) is 11.8 Å². The van der Waals surface area contributed by atoms with E-state index in [-0.39, 0.29) is 5.92 Å². The fourth-order valence-electron chi connectivity index (χ4n) is 3.62. The number of carbonyl (C=O) groups is 1. The number of likely N-dealkylation sites (tertiary alicyclic amines) is 1. The Hall–Kier alpha value is -1.84. The fourth-order valence-corrected chi connectivity index (χ4v) is 3.62. The zero-order chi connectivity index (χ0) is 16.6. The summed E-state index contributed by atoms with van der Waals surface area (Å²) in [4.78, 5) is 19.1. The summed E-state index contributed by atoms with van der Waals surface area (Å²) in [6.45, 7) is 10.0. The van der Waals surface area contributed by atoms with Gasteiger partial charge in [-0.3, -0.25) is 4.79 Å². The van der Waals surface area contributed by atoms with Gasteiger partial charge in [0.15, 0.2) is 0 Å². The Morgan fingerprint density at radius 2 is 2.00 bits per heavy atom. The molecule has 1 saturated heterocycles. The summed E-state index contributed by atoms with van der Waals surface area (Å²) < 4.78 is 2.38. The molecule has 0 aliphatic carbocycles. The highest BCUT2D eigenvalue weighted by molar-refractivity contribution is 5.79. The Morgan fingerprint density at radius 1 is 1.30 bits per heavy atom. The number of nitrogens with zero attached hydrogens (tertiary/aromatic N) is 3. The second kappa shape index (κ2) is 6.34. The average molecular weight is 313 g/mol. The van der Waals surface area contributed by atoms with Crippen molar-refractivity contribution in [2.24, 2.45) is 5.92 Å². The number of benzene rings is 1. The molecule has 1 aliphatic rings. The molecule has 1 amide bonds. The topological polar surface area (TPSA) is 38.1 Å². The Kier molecular flexibility index (Phi) is 4.42. The summed E-state index contributed by atoms with van der Waals surface area (Å²) >= 11 is 0. The van der Waals surface area contributed by atoms with Crippen molar-refractivity contribution < 1.29 is 4.79 Å². The molecular weight excluding hydrogens is 286 g/mol. The minimum absolute atomic E-state index is 0.144. The Labute approximate surface area is 138 Å². The molecule has 1 aromatic carbocycles. The molecule has 124 valence electrons. The van der Waals surface area contributed by atoms with Crippen LogP contribution in [0.3, 0.4) is 0 Å². The van der Waals surface area contributed by atoms with E-state index in [1.54, 1.807) is 0 Å². The van der Waals surface area contributed by atoms with Crippen LogP contribution in [-0.2, 0) is 4.79 Å². The van der Waals surface area contributed by atoms with E-state index in [9.17, 15) is 4.79 Å². The van der Waals surface area contributed by atoms with Crippen LogP contribution in [0, 0.1) is 19.8 Å². The van der Waals surface area contributed by atoms with E-state index in [4.69, 9.17) is 4.98 Å². The van der Waals surface area contributed by atoms with E-state index in [2.05, 4.69) is 43.5 Å². The molecule has 0 spiro atoms. The minimum atomic E-state index is 0.144. The zero-order valence-corrected chi connectivity index (χ0v) is 14.7. The van der Waals surface area contributed by atoms with Crippen molar-refractivity contribution >= 4 is 16.9 Å². The number of aromatic nitrogens is 2. The van der Waals surface area contributed by atoms with Gasteiger partial charge >= 0.3 is 0 Å². The molecule has 1 aromatic heterocycles. The third-order valence-electron chi connectivity index (χ3n) is 5.20. The summed E-state index contributed by atoms with van der Waals surface area (Å²) in [5.41, 5.74) is 3.57. The molecule has 4 nitrogen and oxygen atoms in total. The van der Waals surface area contributed by atoms with Gasteiger partial charge in [-0.1, -0.05) is 19.9 Å². The number of piperidine rings is 1. The first kappa shape index (κ1) is 16.0. The Balaban J connectivity index is 1.79. The number of amides is 1. The van der Waals surface area contributed by atoms with E-state index in [1.165, 1.54) is 11.1 Å². The molecular formula is C19H27N3O. The Bertz CT molecular complexity index is 711. The van der Waals surface area contributed by atoms with Crippen molar-refractivity contribution in [3.05, 3.63) is 29.6 Å². The van der Waals surface area contributed by atoms with Gasteiger partial charge in [-0.2, -0.15) is 0 Å². The summed E-state index contributed by atoms with van der Waals surface area (Å²) in [5, 5.41) is 0. The number of aryl methyl sites for hydroxylation is 2. The minimum Gasteiger partial charge on any atom is -0.342 e. The first-order chi connectivity index (χ1) is 11.0. The summed E-state index contributed by atoms with van der Waals surface area (Å²) in [6, 6.07) is 6.90. The molecule has 1 unspecified atom stereocenters. The maximum Gasteiger partial charge on any atom is 0.225 e. The predicted molar refractivity (Wildman–Crippen MR) is 93.5 cm³/mol. The van der Waals surface area contributed by atoms with Crippen LogP contribution in [0.4, 0.5) is 0 Å². The third kappa shape index (κ3) is 2.99. The third-order valence-corrected chi connectivity index (χ3v) is 5.20. The number of carbonyl (C=O) groups excluding carboxylic acids is 1. The lowest BCUT2D eigenvalue weighted by atomic mass is 10.0. The van der Waals surface area contributed by atoms with Gasteiger partial charge in [0.25, 0.3) is 0 Å². The molecule has 0 radical (unpaired) electrons. The van der Waals surface area contributed by atoms with Crippen LogP contribution in [-0.4, -0.2) is 33.4 Å². The van der Waals surface area contributed by atoms with Crippen molar-refractivity contribution in [2.45, 2.75) is 53.0 Å². The number of fused-ring (bicyclic) bond motifs is 1. The molecule has 23 heavy (non-hydrogen) atoms. The standard InChI is InChI=1S/C19H27N3O/c1-5-14(3)19(23)21-10-8-16(9-11-21)22-15(4)20-17-7-6-13(2)12-18(17)22/h6-7,12,14,16H,5,8-11H2,1-4H3. The average Bonchev–Trinajstić information content (AvgIpc) is 2.88. The molecule has 0 N–H and O–H groups in total. The van der Waals surface area contributed by atoms with Gasteiger partial charge in [0.1, 0.15) is 5.82 Å². The predicted octanol–water partition coefficient (Wildman–Crippen LogP) is 3.86.